The van der Waals surface area contributed by atoms with Crippen molar-refractivity contribution in [2.45, 2.75) is 30.7 Å². The maximum absolute atomic E-state index is 12.4. The van der Waals surface area contributed by atoms with Gasteiger partial charge in [-0.3, -0.25) is 4.79 Å². The fraction of sp³-hybridized carbons (Fsp3) is 0.333. The third-order valence-corrected chi connectivity index (χ3v) is 5.96. The minimum Gasteiger partial charge on any atom is -0.497 e. The Labute approximate surface area is 166 Å². The number of hydrogen-bond acceptors (Lipinski definition) is 7. The Bertz CT molecular complexity index is 920. The Hall–Kier alpha value is -2.39. The lowest BCUT2D eigenvalue weighted by atomic mass is 10.1. The van der Waals surface area contributed by atoms with E-state index in [-0.39, 0.29) is 11.2 Å². The second-order valence-corrected chi connectivity index (χ2v) is 8.19. The molecule has 2 heterocycles. The molecule has 1 N–H and O–H groups in total. The number of thioether (sulfide) groups is 1. The van der Waals surface area contributed by atoms with Crippen LogP contribution in [0.25, 0.3) is 0 Å². The van der Waals surface area contributed by atoms with Crippen molar-refractivity contribution in [3.63, 3.8) is 0 Å². The molecule has 27 heavy (non-hydrogen) atoms. The summed E-state index contributed by atoms with van der Waals surface area (Å²) in [4.78, 5) is 16.6. The number of thiazole rings is 1. The summed E-state index contributed by atoms with van der Waals surface area (Å²) in [7, 11) is 3.56. The molecule has 7 nitrogen and oxygen atoms in total. The summed E-state index contributed by atoms with van der Waals surface area (Å²) in [6, 6.07) is 7.86. The number of hydrogen-bond donors (Lipinski definition) is 1. The monoisotopic (exact) mass is 403 g/mol. The number of carbonyl (C=O) groups excluding carboxylic acids is 1. The fourth-order valence-corrected chi connectivity index (χ4v) is 3.88. The highest BCUT2D eigenvalue weighted by Gasteiger charge is 2.20. The van der Waals surface area contributed by atoms with Gasteiger partial charge in [0, 0.05) is 18.8 Å². The summed E-state index contributed by atoms with van der Waals surface area (Å²) >= 11 is 2.79. The van der Waals surface area contributed by atoms with Crippen molar-refractivity contribution in [1.29, 1.82) is 0 Å². The second kappa shape index (κ2) is 8.53. The standard InChI is InChI=1S/C18H21N5O2S2/c1-11-10-26-17(19-11)20-16(24)12(2)27-18-22-21-15(23(18)3)9-13-5-7-14(25-4)8-6-13/h5-8,10,12H,9H2,1-4H3,(H,19,20,24)/t12-/m1/s1. The zero-order chi connectivity index (χ0) is 19.4. The van der Waals surface area contributed by atoms with Crippen molar-refractivity contribution < 1.29 is 9.53 Å². The number of aromatic nitrogens is 4. The predicted octanol–water partition coefficient (Wildman–Crippen LogP) is 3.30. The number of rotatable bonds is 7. The van der Waals surface area contributed by atoms with E-state index < -0.39 is 0 Å². The summed E-state index contributed by atoms with van der Waals surface area (Å²) in [5.74, 6) is 1.56. The molecule has 0 aliphatic carbocycles. The molecule has 0 fully saturated rings. The van der Waals surface area contributed by atoms with Crippen LogP contribution in [0.3, 0.4) is 0 Å². The molecule has 0 spiro atoms. The van der Waals surface area contributed by atoms with E-state index in [4.69, 9.17) is 4.74 Å². The van der Waals surface area contributed by atoms with Crippen LogP contribution < -0.4 is 10.1 Å². The van der Waals surface area contributed by atoms with Crippen molar-refractivity contribution >= 4 is 34.1 Å². The van der Waals surface area contributed by atoms with Gasteiger partial charge in [0.15, 0.2) is 10.3 Å². The van der Waals surface area contributed by atoms with Gasteiger partial charge in [-0.25, -0.2) is 4.98 Å². The van der Waals surface area contributed by atoms with Crippen molar-refractivity contribution in [2.24, 2.45) is 7.05 Å². The van der Waals surface area contributed by atoms with Crippen LogP contribution in [0.4, 0.5) is 5.13 Å². The van der Waals surface area contributed by atoms with Gasteiger partial charge >= 0.3 is 0 Å². The number of amides is 1. The van der Waals surface area contributed by atoms with Crippen LogP contribution >= 0.6 is 23.1 Å². The highest BCUT2D eigenvalue weighted by molar-refractivity contribution is 8.00. The molecule has 3 aromatic rings. The predicted molar refractivity (Wildman–Crippen MR) is 108 cm³/mol. The molecule has 1 amide bonds. The summed E-state index contributed by atoms with van der Waals surface area (Å²) in [6.45, 7) is 3.74. The molecule has 0 unspecified atom stereocenters. The number of nitrogens with one attached hydrogen (secondary N) is 1. The number of methoxy groups -OCH3 is 1. The van der Waals surface area contributed by atoms with Gasteiger partial charge < -0.3 is 14.6 Å². The molecular formula is C18H21N5O2S2. The lowest BCUT2D eigenvalue weighted by Crippen LogP contribution is -2.22. The molecule has 0 aliphatic heterocycles. The van der Waals surface area contributed by atoms with E-state index in [2.05, 4.69) is 20.5 Å². The second-order valence-electron chi connectivity index (χ2n) is 6.03. The summed E-state index contributed by atoms with van der Waals surface area (Å²) in [6.07, 6.45) is 0.660. The zero-order valence-electron chi connectivity index (χ0n) is 15.6. The van der Waals surface area contributed by atoms with Gasteiger partial charge in [-0.2, -0.15) is 0 Å². The summed E-state index contributed by atoms with van der Waals surface area (Å²) < 4.78 is 7.10. The van der Waals surface area contributed by atoms with Crippen molar-refractivity contribution in [2.75, 3.05) is 12.4 Å². The van der Waals surface area contributed by atoms with Crippen molar-refractivity contribution in [1.82, 2.24) is 19.7 Å². The fourth-order valence-electron chi connectivity index (χ4n) is 2.36. The van der Waals surface area contributed by atoms with E-state index in [9.17, 15) is 4.79 Å². The van der Waals surface area contributed by atoms with Gasteiger partial charge in [-0.1, -0.05) is 23.9 Å². The Morgan fingerprint density at radius 3 is 2.70 bits per heavy atom. The van der Waals surface area contributed by atoms with Crippen LogP contribution in [-0.2, 0) is 18.3 Å². The first-order valence-corrected chi connectivity index (χ1v) is 10.1. The number of aryl methyl sites for hydroxylation is 1. The molecule has 0 bridgehead atoms. The van der Waals surface area contributed by atoms with Crippen LogP contribution in [-0.4, -0.2) is 38.0 Å². The number of anilines is 1. The Balaban J connectivity index is 1.62. The average molecular weight is 404 g/mol. The Morgan fingerprint density at radius 1 is 1.33 bits per heavy atom. The maximum Gasteiger partial charge on any atom is 0.239 e. The van der Waals surface area contributed by atoms with Gasteiger partial charge in [0.2, 0.25) is 5.91 Å². The van der Waals surface area contributed by atoms with Crippen LogP contribution in [0, 0.1) is 6.92 Å². The lowest BCUT2D eigenvalue weighted by molar-refractivity contribution is -0.115. The lowest BCUT2D eigenvalue weighted by Gasteiger charge is -2.10. The molecule has 0 aliphatic rings. The number of ether oxygens (including phenoxy) is 1. The van der Waals surface area contributed by atoms with Gasteiger partial charge in [0.05, 0.1) is 18.1 Å². The van der Waals surface area contributed by atoms with Gasteiger partial charge in [-0.05, 0) is 31.5 Å². The molecule has 3 rings (SSSR count). The molecule has 2 aromatic heterocycles. The summed E-state index contributed by atoms with van der Waals surface area (Å²) in [5, 5.41) is 14.3. The number of carbonyl (C=O) groups is 1. The van der Waals surface area contributed by atoms with Gasteiger partial charge in [0.1, 0.15) is 11.6 Å². The summed E-state index contributed by atoms with van der Waals surface area (Å²) in [5.41, 5.74) is 2.01. The quantitative estimate of drug-likeness (QED) is 0.610. The molecule has 0 saturated heterocycles. The minimum absolute atomic E-state index is 0.103. The first kappa shape index (κ1) is 19.4. The molecule has 1 aromatic carbocycles. The molecule has 0 saturated carbocycles. The third-order valence-electron chi connectivity index (χ3n) is 3.95. The van der Waals surface area contributed by atoms with E-state index in [0.717, 1.165) is 22.8 Å². The van der Waals surface area contributed by atoms with Crippen LogP contribution in [0.2, 0.25) is 0 Å². The van der Waals surface area contributed by atoms with E-state index in [0.29, 0.717) is 16.7 Å². The first-order valence-electron chi connectivity index (χ1n) is 8.37. The topological polar surface area (TPSA) is 81.9 Å². The van der Waals surface area contributed by atoms with Gasteiger partial charge in [0.25, 0.3) is 0 Å². The van der Waals surface area contributed by atoms with Crippen LogP contribution in [0.5, 0.6) is 5.75 Å². The molecule has 1 atom stereocenters. The first-order chi connectivity index (χ1) is 13.0. The zero-order valence-corrected chi connectivity index (χ0v) is 17.2. The highest BCUT2D eigenvalue weighted by atomic mass is 32.2. The van der Waals surface area contributed by atoms with Crippen LogP contribution in [0.15, 0.2) is 34.8 Å². The number of nitrogens with zero attached hydrogens (tertiary/aromatic N) is 4. The largest absolute Gasteiger partial charge is 0.497 e. The smallest absolute Gasteiger partial charge is 0.239 e. The maximum atomic E-state index is 12.4. The van der Waals surface area contributed by atoms with Crippen LogP contribution in [0.1, 0.15) is 24.0 Å². The molecule has 9 heteroatoms. The van der Waals surface area contributed by atoms with Crippen molar-refractivity contribution in [3.8, 4) is 5.75 Å². The SMILES string of the molecule is COc1ccc(Cc2nnc(S[C@H](C)C(=O)Nc3nc(C)cs3)n2C)cc1. The minimum atomic E-state index is -0.314. The Kier molecular flexibility index (Phi) is 6.12. The third kappa shape index (κ3) is 4.86. The normalized spacial score (nSPS) is 12.0. The molecular weight excluding hydrogens is 382 g/mol. The van der Waals surface area contributed by atoms with E-state index in [1.807, 2.05) is 55.1 Å². The molecule has 142 valence electrons. The highest BCUT2D eigenvalue weighted by Crippen LogP contribution is 2.24. The van der Waals surface area contributed by atoms with Crippen molar-refractivity contribution in [3.05, 3.63) is 46.7 Å². The average Bonchev–Trinajstić information content (AvgIpc) is 3.22. The Morgan fingerprint density at radius 2 is 2.07 bits per heavy atom. The number of benzene rings is 1. The van der Waals surface area contributed by atoms with Gasteiger partial charge in [-0.15, -0.1) is 21.5 Å². The van der Waals surface area contributed by atoms with E-state index >= 15 is 0 Å². The van der Waals surface area contributed by atoms with E-state index in [1.54, 1.807) is 7.11 Å². The molecule has 0 radical (unpaired) electrons. The van der Waals surface area contributed by atoms with E-state index in [1.165, 1.54) is 23.1 Å².